The van der Waals surface area contributed by atoms with E-state index in [2.05, 4.69) is 16.0 Å². The monoisotopic (exact) mass is 428 g/mol. The molecule has 5 nitrogen and oxygen atoms in total. The molecule has 0 saturated carbocycles. The molecular formula is C25H21ClN4O. The van der Waals surface area contributed by atoms with E-state index in [4.69, 9.17) is 21.6 Å². The van der Waals surface area contributed by atoms with Crippen LogP contribution in [-0.2, 0) is 0 Å². The normalized spacial score (nSPS) is 14.7. The van der Waals surface area contributed by atoms with Crippen molar-refractivity contribution < 1.29 is 4.79 Å². The van der Waals surface area contributed by atoms with Crippen molar-refractivity contribution >= 4 is 34.1 Å². The van der Waals surface area contributed by atoms with Gasteiger partial charge in [0, 0.05) is 52.9 Å². The summed E-state index contributed by atoms with van der Waals surface area (Å²) in [6, 6.07) is 19.1. The zero-order chi connectivity index (χ0) is 21.2. The number of nitrogens with zero attached hydrogens (tertiary/aromatic N) is 4. The fourth-order valence-electron chi connectivity index (χ4n) is 4.13. The molecule has 154 valence electrons. The Morgan fingerprint density at radius 2 is 1.61 bits per heavy atom. The van der Waals surface area contributed by atoms with Crippen LogP contribution >= 0.6 is 11.6 Å². The lowest BCUT2D eigenvalue weighted by Gasteiger charge is -2.33. The van der Waals surface area contributed by atoms with Crippen molar-refractivity contribution in [3.63, 3.8) is 0 Å². The summed E-state index contributed by atoms with van der Waals surface area (Å²) in [5.41, 5.74) is 2.59. The molecule has 0 N–H and O–H groups in total. The number of para-hydroxylation sites is 1. The van der Waals surface area contributed by atoms with Crippen LogP contribution in [0.15, 0.2) is 73.1 Å². The number of ketones is 1. The summed E-state index contributed by atoms with van der Waals surface area (Å²) in [6.45, 7) is 1.56. The topological polar surface area (TPSA) is 59.0 Å². The molecule has 6 heteroatoms. The Morgan fingerprint density at radius 1 is 0.903 bits per heavy atom. The number of carbonyl (C=O) groups excluding carboxylic acids is 1. The lowest BCUT2D eigenvalue weighted by molar-refractivity contribution is 0.0900. The number of piperidine rings is 1. The molecule has 1 fully saturated rings. The zero-order valence-electron chi connectivity index (χ0n) is 16.9. The van der Waals surface area contributed by atoms with Gasteiger partial charge in [-0.25, -0.2) is 9.97 Å². The van der Waals surface area contributed by atoms with Crippen LogP contribution in [0.3, 0.4) is 0 Å². The zero-order valence-corrected chi connectivity index (χ0v) is 17.7. The Bertz CT molecular complexity index is 1220. The van der Waals surface area contributed by atoms with Gasteiger partial charge in [0.25, 0.3) is 0 Å². The molecule has 0 atom stereocenters. The van der Waals surface area contributed by atoms with Gasteiger partial charge in [0.1, 0.15) is 5.82 Å². The van der Waals surface area contributed by atoms with Crippen molar-refractivity contribution in [2.45, 2.75) is 12.8 Å². The SMILES string of the molecule is O=C(c1ccc(Cl)cc1)C1CCN(c2nc(-c3ccncc3)nc3ccccc23)CC1. The number of aromatic nitrogens is 3. The second-order valence-corrected chi connectivity index (χ2v) is 8.19. The third-order valence-electron chi connectivity index (χ3n) is 5.82. The van der Waals surface area contributed by atoms with E-state index in [0.29, 0.717) is 10.8 Å². The molecule has 0 radical (unpaired) electrons. The van der Waals surface area contributed by atoms with Crippen molar-refractivity contribution in [3.8, 4) is 11.4 Å². The number of fused-ring (bicyclic) bond motifs is 1. The number of rotatable bonds is 4. The molecule has 31 heavy (non-hydrogen) atoms. The van der Waals surface area contributed by atoms with Gasteiger partial charge in [-0.3, -0.25) is 9.78 Å². The summed E-state index contributed by atoms with van der Waals surface area (Å²) >= 11 is 5.96. The van der Waals surface area contributed by atoms with Gasteiger partial charge in [0.15, 0.2) is 11.6 Å². The van der Waals surface area contributed by atoms with Crippen LogP contribution in [0.2, 0.25) is 5.02 Å². The number of Topliss-reactive ketones (excluding diaryl/α,β-unsaturated/α-hetero) is 1. The van der Waals surface area contributed by atoms with Crippen molar-refractivity contribution in [3.05, 3.63) is 83.6 Å². The van der Waals surface area contributed by atoms with E-state index in [0.717, 1.165) is 53.8 Å². The lowest BCUT2D eigenvalue weighted by Crippen LogP contribution is -2.37. The first kappa shape index (κ1) is 19.6. The largest absolute Gasteiger partial charge is 0.356 e. The summed E-state index contributed by atoms with van der Waals surface area (Å²) in [5, 5.41) is 1.68. The molecule has 2 aromatic carbocycles. The molecule has 2 aromatic heterocycles. The van der Waals surface area contributed by atoms with Crippen molar-refractivity contribution in [2.24, 2.45) is 5.92 Å². The average molecular weight is 429 g/mol. The molecule has 1 saturated heterocycles. The standard InChI is InChI=1S/C25H21ClN4O/c26-20-7-5-17(6-8-20)23(31)18-11-15-30(16-12-18)25-21-3-1-2-4-22(21)28-24(29-25)19-9-13-27-14-10-19/h1-10,13-14,18H,11-12,15-16H2. The van der Waals surface area contributed by atoms with Crippen LogP contribution in [0, 0.1) is 5.92 Å². The summed E-state index contributed by atoms with van der Waals surface area (Å²) in [5.74, 6) is 1.83. The summed E-state index contributed by atoms with van der Waals surface area (Å²) < 4.78 is 0. The predicted octanol–water partition coefficient (Wildman–Crippen LogP) is 5.44. The molecule has 0 bridgehead atoms. The third kappa shape index (κ3) is 4.01. The van der Waals surface area contributed by atoms with Gasteiger partial charge >= 0.3 is 0 Å². The molecule has 5 rings (SSSR count). The highest BCUT2D eigenvalue weighted by Crippen LogP contribution is 2.31. The van der Waals surface area contributed by atoms with Crippen LogP contribution in [0.1, 0.15) is 23.2 Å². The van der Waals surface area contributed by atoms with E-state index in [1.165, 1.54) is 0 Å². The van der Waals surface area contributed by atoms with Crippen molar-refractivity contribution in [1.82, 2.24) is 15.0 Å². The average Bonchev–Trinajstić information content (AvgIpc) is 2.84. The number of carbonyl (C=O) groups is 1. The summed E-state index contributed by atoms with van der Waals surface area (Å²) in [6.07, 6.45) is 5.09. The van der Waals surface area contributed by atoms with Crippen molar-refractivity contribution in [2.75, 3.05) is 18.0 Å². The Labute approximate surface area is 185 Å². The third-order valence-corrected chi connectivity index (χ3v) is 6.07. The van der Waals surface area contributed by atoms with E-state index < -0.39 is 0 Å². The smallest absolute Gasteiger partial charge is 0.166 e. The highest BCUT2D eigenvalue weighted by molar-refractivity contribution is 6.30. The maximum Gasteiger partial charge on any atom is 0.166 e. The van der Waals surface area contributed by atoms with Gasteiger partial charge in [0.2, 0.25) is 0 Å². The number of hydrogen-bond acceptors (Lipinski definition) is 5. The van der Waals surface area contributed by atoms with Crippen LogP contribution in [0.5, 0.6) is 0 Å². The maximum atomic E-state index is 12.9. The quantitative estimate of drug-likeness (QED) is 0.405. The van der Waals surface area contributed by atoms with Gasteiger partial charge in [-0.2, -0.15) is 0 Å². The Kier molecular flexibility index (Phi) is 5.35. The number of anilines is 1. The van der Waals surface area contributed by atoms with Gasteiger partial charge < -0.3 is 4.90 Å². The Balaban J connectivity index is 1.41. The first-order valence-corrected chi connectivity index (χ1v) is 10.8. The molecule has 1 aliphatic heterocycles. The summed E-state index contributed by atoms with van der Waals surface area (Å²) in [4.78, 5) is 29.0. The molecule has 0 spiro atoms. The van der Waals surface area contributed by atoms with Gasteiger partial charge in [-0.15, -0.1) is 0 Å². The Morgan fingerprint density at radius 3 is 2.35 bits per heavy atom. The fraction of sp³-hybridized carbons (Fsp3) is 0.200. The van der Waals surface area contributed by atoms with Gasteiger partial charge in [-0.1, -0.05) is 23.7 Å². The van der Waals surface area contributed by atoms with Gasteiger partial charge in [-0.05, 0) is 61.4 Å². The van der Waals surface area contributed by atoms with Crippen LogP contribution < -0.4 is 4.90 Å². The molecule has 1 aliphatic rings. The van der Waals surface area contributed by atoms with Crippen LogP contribution in [0.25, 0.3) is 22.3 Å². The minimum atomic E-state index is 0.0187. The highest BCUT2D eigenvalue weighted by atomic mass is 35.5. The molecular weight excluding hydrogens is 408 g/mol. The number of hydrogen-bond donors (Lipinski definition) is 0. The van der Waals surface area contributed by atoms with Gasteiger partial charge in [0.05, 0.1) is 5.52 Å². The van der Waals surface area contributed by atoms with Crippen LogP contribution in [0.4, 0.5) is 5.82 Å². The molecule has 3 heterocycles. The molecule has 0 aliphatic carbocycles. The summed E-state index contributed by atoms with van der Waals surface area (Å²) in [7, 11) is 0. The number of pyridine rings is 1. The molecule has 0 amide bonds. The van der Waals surface area contributed by atoms with E-state index in [9.17, 15) is 4.79 Å². The predicted molar refractivity (Wildman–Crippen MR) is 123 cm³/mol. The molecule has 0 unspecified atom stereocenters. The maximum absolute atomic E-state index is 12.9. The first-order valence-electron chi connectivity index (χ1n) is 10.4. The number of benzene rings is 2. The number of halogens is 1. The Hall–Kier alpha value is -3.31. The fourth-order valence-corrected chi connectivity index (χ4v) is 4.26. The minimum absolute atomic E-state index is 0.0187. The van der Waals surface area contributed by atoms with E-state index in [1.54, 1.807) is 24.5 Å². The van der Waals surface area contributed by atoms with E-state index in [-0.39, 0.29) is 11.7 Å². The highest BCUT2D eigenvalue weighted by Gasteiger charge is 2.27. The van der Waals surface area contributed by atoms with E-state index in [1.807, 2.05) is 42.5 Å². The van der Waals surface area contributed by atoms with E-state index >= 15 is 0 Å². The first-order chi connectivity index (χ1) is 15.2. The minimum Gasteiger partial charge on any atom is -0.356 e. The second kappa shape index (κ2) is 8.44. The van der Waals surface area contributed by atoms with Crippen LogP contribution in [-0.4, -0.2) is 33.8 Å². The second-order valence-electron chi connectivity index (χ2n) is 7.76. The molecule has 4 aromatic rings. The lowest BCUT2D eigenvalue weighted by atomic mass is 9.89. The van der Waals surface area contributed by atoms with Crippen molar-refractivity contribution in [1.29, 1.82) is 0 Å².